The first-order valence-corrected chi connectivity index (χ1v) is 14.1. The summed E-state index contributed by atoms with van der Waals surface area (Å²) in [6, 6.07) is 3.10. The van der Waals surface area contributed by atoms with Crippen molar-refractivity contribution < 1.29 is 33.3 Å². The zero-order valence-corrected chi connectivity index (χ0v) is 25.2. The van der Waals surface area contributed by atoms with Gasteiger partial charge in [-0.3, -0.25) is 9.78 Å². The summed E-state index contributed by atoms with van der Waals surface area (Å²) in [5, 5.41) is 10.5. The molecule has 0 bridgehead atoms. The second-order valence-corrected chi connectivity index (χ2v) is 12.0. The van der Waals surface area contributed by atoms with Crippen LogP contribution in [0.2, 0.25) is 0 Å². The van der Waals surface area contributed by atoms with Crippen molar-refractivity contribution in [1.29, 1.82) is 0 Å². The second kappa shape index (κ2) is 11.0. The number of amides is 1. The molecule has 1 amide bonds. The summed E-state index contributed by atoms with van der Waals surface area (Å²) in [5.74, 6) is -1.08. The molecule has 0 unspecified atom stereocenters. The molecule has 0 saturated carbocycles. The summed E-state index contributed by atoms with van der Waals surface area (Å²) in [5.41, 5.74) is 6.30. The van der Waals surface area contributed by atoms with Crippen LogP contribution in [-0.2, 0) is 29.0 Å². The minimum Gasteiger partial charge on any atom is -0.495 e. The molecule has 2 aromatic carbocycles. The number of halogens is 1. The van der Waals surface area contributed by atoms with E-state index in [1.54, 1.807) is 11.0 Å². The van der Waals surface area contributed by atoms with Gasteiger partial charge in [-0.15, -0.1) is 0 Å². The summed E-state index contributed by atoms with van der Waals surface area (Å²) in [6.45, 7) is 12.2. The number of ether oxygens (including phenoxy) is 3. The zero-order valence-electron chi connectivity index (χ0n) is 25.2. The van der Waals surface area contributed by atoms with Crippen molar-refractivity contribution in [3.63, 3.8) is 0 Å². The van der Waals surface area contributed by atoms with Crippen molar-refractivity contribution >= 4 is 11.9 Å². The minimum absolute atomic E-state index is 0.214. The van der Waals surface area contributed by atoms with E-state index >= 15 is 4.39 Å². The van der Waals surface area contributed by atoms with Crippen LogP contribution in [0.5, 0.6) is 11.5 Å². The second-order valence-electron chi connectivity index (χ2n) is 12.0. The number of hydrogen-bond acceptors (Lipinski definition) is 6. The van der Waals surface area contributed by atoms with Gasteiger partial charge in [-0.05, 0) is 105 Å². The number of benzene rings is 2. The zero-order chi connectivity index (χ0) is 30.5. The molecule has 5 rings (SSSR count). The average molecular weight is 577 g/mol. The highest BCUT2D eigenvalue weighted by molar-refractivity contribution is 5.95. The number of nitrogens with zero attached hydrogens (tertiary/aromatic N) is 2. The largest absolute Gasteiger partial charge is 0.495 e. The highest BCUT2D eigenvalue weighted by Gasteiger charge is 2.37. The molecule has 222 valence electrons. The number of hydrogen-bond donors (Lipinski definition) is 1. The van der Waals surface area contributed by atoms with Crippen LogP contribution in [0, 0.1) is 26.6 Å². The fraction of sp³-hybridized carbons (Fsp3) is 0.424. The SMILES string of the molecule is COc1cncc(C(=O)N2Cc3c(C)c(-c4cc(F)c5c(c4C)CCCO5)c([C@H](OC(C)(C)C)C(=O)O)c(C)c3C2)c1. The maximum absolute atomic E-state index is 15.5. The molecule has 3 heterocycles. The lowest BCUT2D eigenvalue weighted by atomic mass is 9.81. The molecule has 1 aromatic heterocycles. The summed E-state index contributed by atoms with van der Waals surface area (Å²) in [7, 11) is 1.52. The van der Waals surface area contributed by atoms with Crippen LogP contribution in [0.3, 0.4) is 0 Å². The molecule has 3 aromatic rings. The molecule has 1 N–H and O–H groups in total. The van der Waals surface area contributed by atoms with Crippen LogP contribution >= 0.6 is 0 Å². The lowest BCUT2D eigenvalue weighted by Gasteiger charge is -2.31. The summed E-state index contributed by atoms with van der Waals surface area (Å²) in [4.78, 5) is 32.2. The number of carbonyl (C=O) groups is 2. The van der Waals surface area contributed by atoms with Gasteiger partial charge in [0, 0.05) is 30.4 Å². The van der Waals surface area contributed by atoms with Gasteiger partial charge in [-0.1, -0.05) is 0 Å². The first kappa shape index (κ1) is 29.5. The summed E-state index contributed by atoms with van der Waals surface area (Å²) in [6.07, 6.45) is 3.17. The number of aliphatic carboxylic acids is 1. The number of carboxylic acid groups (broad SMARTS) is 1. The van der Waals surface area contributed by atoms with Crippen LogP contribution in [0.15, 0.2) is 24.5 Å². The van der Waals surface area contributed by atoms with Gasteiger partial charge in [0.2, 0.25) is 0 Å². The number of methoxy groups -OCH3 is 1. The van der Waals surface area contributed by atoms with Gasteiger partial charge in [-0.25, -0.2) is 9.18 Å². The molecule has 1 atom stereocenters. The van der Waals surface area contributed by atoms with E-state index in [-0.39, 0.29) is 11.7 Å². The Morgan fingerprint density at radius 1 is 1.05 bits per heavy atom. The third-order valence-corrected chi connectivity index (χ3v) is 8.16. The Morgan fingerprint density at radius 3 is 2.38 bits per heavy atom. The molecule has 42 heavy (non-hydrogen) atoms. The van der Waals surface area contributed by atoms with Crippen LogP contribution in [0.25, 0.3) is 11.1 Å². The van der Waals surface area contributed by atoms with E-state index in [2.05, 4.69) is 4.98 Å². The number of rotatable bonds is 6. The number of pyridine rings is 1. The lowest BCUT2D eigenvalue weighted by Crippen LogP contribution is -2.29. The van der Waals surface area contributed by atoms with Gasteiger partial charge in [0.25, 0.3) is 5.91 Å². The molecule has 0 fully saturated rings. The van der Waals surface area contributed by atoms with Gasteiger partial charge in [0.15, 0.2) is 17.7 Å². The van der Waals surface area contributed by atoms with Crippen LogP contribution < -0.4 is 9.47 Å². The smallest absolute Gasteiger partial charge is 0.337 e. The predicted molar refractivity (Wildman–Crippen MR) is 155 cm³/mol. The van der Waals surface area contributed by atoms with E-state index in [1.165, 1.54) is 25.6 Å². The number of carboxylic acids is 1. The molecule has 0 spiro atoms. The van der Waals surface area contributed by atoms with Crippen molar-refractivity contribution in [2.45, 2.75) is 79.2 Å². The van der Waals surface area contributed by atoms with Crippen LogP contribution in [-0.4, -0.2) is 46.2 Å². The third-order valence-electron chi connectivity index (χ3n) is 8.16. The van der Waals surface area contributed by atoms with Crippen molar-refractivity contribution in [2.75, 3.05) is 13.7 Å². The fourth-order valence-electron chi connectivity index (χ4n) is 6.17. The summed E-state index contributed by atoms with van der Waals surface area (Å²) >= 11 is 0. The van der Waals surface area contributed by atoms with Gasteiger partial charge < -0.3 is 24.2 Å². The molecule has 2 aliphatic heterocycles. The predicted octanol–water partition coefficient (Wildman–Crippen LogP) is 6.24. The maximum Gasteiger partial charge on any atom is 0.337 e. The average Bonchev–Trinajstić information content (AvgIpc) is 3.41. The molecular weight excluding hydrogens is 539 g/mol. The quantitative estimate of drug-likeness (QED) is 0.371. The van der Waals surface area contributed by atoms with Gasteiger partial charge in [0.1, 0.15) is 5.75 Å². The minimum atomic E-state index is -1.31. The number of aromatic nitrogens is 1. The molecular formula is C33H37FN2O6. The van der Waals surface area contributed by atoms with E-state index in [1.807, 2.05) is 41.5 Å². The van der Waals surface area contributed by atoms with Gasteiger partial charge in [-0.2, -0.15) is 0 Å². The standard InChI is InChI=1S/C33H37FN2O6/c1-17-22-9-8-10-41-29(22)26(34)12-23(17)27-18(2)24-15-36(31(37)20-11-21(40-7)14-35-13-20)16-25(24)19(3)28(27)30(32(38)39)42-33(4,5)6/h11-14,30H,8-10,15-16H2,1-7H3,(H,38,39)/t30-/m0/s1. The van der Waals surface area contributed by atoms with Gasteiger partial charge in [0.05, 0.1) is 31.1 Å². The Bertz CT molecular complexity index is 1590. The van der Waals surface area contributed by atoms with Crippen molar-refractivity contribution in [3.05, 3.63) is 74.9 Å². The van der Waals surface area contributed by atoms with E-state index in [9.17, 15) is 14.7 Å². The normalized spacial score (nSPS) is 15.1. The third kappa shape index (κ3) is 5.22. The highest BCUT2D eigenvalue weighted by Crippen LogP contribution is 2.47. The molecule has 2 aliphatic rings. The first-order chi connectivity index (χ1) is 19.8. The lowest BCUT2D eigenvalue weighted by molar-refractivity contribution is -0.160. The molecule has 0 aliphatic carbocycles. The molecule has 0 saturated heterocycles. The van der Waals surface area contributed by atoms with Crippen LogP contribution in [0.4, 0.5) is 4.39 Å². The Labute approximate surface area is 245 Å². The monoisotopic (exact) mass is 576 g/mol. The number of fused-ring (bicyclic) bond motifs is 2. The highest BCUT2D eigenvalue weighted by atomic mass is 19.1. The Kier molecular flexibility index (Phi) is 7.74. The molecule has 8 nitrogen and oxygen atoms in total. The fourth-order valence-corrected chi connectivity index (χ4v) is 6.17. The Hall–Kier alpha value is -3.98. The number of carbonyl (C=O) groups excluding carboxylic acids is 1. The van der Waals surface area contributed by atoms with Gasteiger partial charge >= 0.3 is 5.97 Å². The maximum atomic E-state index is 15.5. The van der Waals surface area contributed by atoms with Crippen molar-refractivity contribution in [2.24, 2.45) is 0 Å². The van der Waals surface area contributed by atoms with Crippen molar-refractivity contribution in [3.8, 4) is 22.6 Å². The topological polar surface area (TPSA) is 98.2 Å². The molecule has 9 heteroatoms. The van der Waals surface area contributed by atoms with E-state index in [4.69, 9.17) is 14.2 Å². The Balaban J connectivity index is 1.72. The molecule has 0 radical (unpaired) electrons. The first-order valence-electron chi connectivity index (χ1n) is 14.1. The van der Waals surface area contributed by atoms with E-state index < -0.39 is 23.5 Å². The van der Waals surface area contributed by atoms with Crippen LogP contribution in [0.1, 0.15) is 82.6 Å². The summed E-state index contributed by atoms with van der Waals surface area (Å²) < 4.78 is 32.7. The van der Waals surface area contributed by atoms with Crippen molar-refractivity contribution in [1.82, 2.24) is 9.88 Å². The Morgan fingerprint density at radius 2 is 1.74 bits per heavy atom. The van der Waals surface area contributed by atoms with E-state index in [0.717, 1.165) is 39.8 Å². The van der Waals surface area contributed by atoms with E-state index in [0.29, 0.717) is 54.1 Å².